The van der Waals surface area contributed by atoms with Crippen molar-refractivity contribution in [1.29, 1.82) is 0 Å². The van der Waals surface area contributed by atoms with Gasteiger partial charge in [0.05, 0.1) is 6.10 Å². The van der Waals surface area contributed by atoms with E-state index in [4.69, 9.17) is 0 Å². The van der Waals surface area contributed by atoms with Crippen LogP contribution in [-0.4, -0.2) is 17.7 Å². The monoisotopic (exact) mass is 209 g/mol. The van der Waals surface area contributed by atoms with Crippen LogP contribution in [0, 0.1) is 5.82 Å². The molecule has 0 aliphatic carbocycles. The molecule has 0 spiro atoms. The highest BCUT2D eigenvalue weighted by molar-refractivity contribution is 5.18. The molecule has 0 radical (unpaired) electrons. The van der Waals surface area contributed by atoms with Gasteiger partial charge in [-0.1, -0.05) is 12.1 Å². The number of hydrogen-bond acceptors (Lipinski definition) is 2. The summed E-state index contributed by atoms with van der Waals surface area (Å²) in [7, 11) is 0. The fourth-order valence-corrected chi connectivity index (χ4v) is 2.05. The van der Waals surface area contributed by atoms with E-state index in [1.54, 1.807) is 12.1 Å². The molecule has 0 bridgehead atoms. The molecule has 1 aromatic carbocycles. The van der Waals surface area contributed by atoms with E-state index >= 15 is 0 Å². The number of benzene rings is 1. The Balaban J connectivity index is 1.94. The SMILES string of the molecule is OC(CC1CCCN1)c1ccc(F)cc1. The second kappa shape index (κ2) is 4.73. The largest absolute Gasteiger partial charge is 0.388 e. The van der Waals surface area contributed by atoms with Gasteiger partial charge in [0.1, 0.15) is 5.82 Å². The third-order valence-corrected chi connectivity index (χ3v) is 2.92. The molecule has 0 aromatic heterocycles. The lowest BCUT2D eigenvalue weighted by molar-refractivity contribution is 0.154. The minimum absolute atomic E-state index is 0.259. The Bertz CT molecular complexity index is 306. The number of rotatable bonds is 3. The van der Waals surface area contributed by atoms with Crippen molar-refractivity contribution in [3.63, 3.8) is 0 Å². The van der Waals surface area contributed by atoms with Gasteiger partial charge in [-0.05, 0) is 43.5 Å². The van der Waals surface area contributed by atoms with Crippen LogP contribution in [0.3, 0.4) is 0 Å². The molecular formula is C12H16FNO. The van der Waals surface area contributed by atoms with Crippen LogP contribution in [0.4, 0.5) is 4.39 Å². The first-order valence-electron chi connectivity index (χ1n) is 5.42. The summed E-state index contributed by atoms with van der Waals surface area (Å²) in [4.78, 5) is 0. The van der Waals surface area contributed by atoms with E-state index < -0.39 is 6.10 Å². The number of nitrogens with one attached hydrogen (secondary N) is 1. The lowest BCUT2D eigenvalue weighted by atomic mass is 10.0. The van der Waals surface area contributed by atoms with Gasteiger partial charge in [0, 0.05) is 6.04 Å². The third kappa shape index (κ3) is 2.76. The number of halogens is 1. The molecule has 0 saturated carbocycles. The van der Waals surface area contributed by atoms with Gasteiger partial charge in [0.2, 0.25) is 0 Å². The maximum absolute atomic E-state index is 12.7. The molecule has 1 fully saturated rings. The molecule has 1 heterocycles. The van der Waals surface area contributed by atoms with Crippen LogP contribution < -0.4 is 5.32 Å². The summed E-state index contributed by atoms with van der Waals surface area (Å²) >= 11 is 0. The van der Waals surface area contributed by atoms with Gasteiger partial charge < -0.3 is 10.4 Å². The molecule has 1 saturated heterocycles. The van der Waals surface area contributed by atoms with Crippen LogP contribution in [0.2, 0.25) is 0 Å². The second-order valence-electron chi connectivity index (χ2n) is 4.10. The molecule has 1 aliphatic heterocycles. The van der Waals surface area contributed by atoms with Gasteiger partial charge in [-0.2, -0.15) is 0 Å². The number of aliphatic hydroxyl groups is 1. The normalized spacial score (nSPS) is 22.9. The molecule has 2 nitrogen and oxygen atoms in total. The lowest BCUT2D eigenvalue weighted by Crippen LogP contribution is -2.23. The summed E-state index contributed by atoms with van der Waals surface area (Å²) in [5.41, 5.74) is 0.796. The van der Waals surface area contributed by atoms with Gasteiger partial charge in [-0.15, -0.1) is 0 Å². The fourth-order valence-electron chi connectivity index (χ4n) is 2.05. The molecule has 82 valence electrons. The van der Waals surface area contributed by atoms with Crippen LogP contribution in [0.25, 0.3) is 0 Å². The molecule has 0 amide bonds. The van der Waals surface area contributed by atoms with E-state index in [0.29, 0.717) is 12.5 Å². The highest BCUT2D eigenvalue weighted by Crippen LogP contribution is 2.22. The molecule has 2 N–H and O–H groups in total. The second-order valence-corrected chi connectivity index (χ2v) is 4.10. The van der Waals surface area contributed by atoms with Crippen LogP contribution >= 0.6 is 0 Å². The Kier molecular flexibility index (Phi) is 3.34. The average molecular weight is 209 g/mol. The van der Waals surface area contributed by atoms with Crippen molar-refractivity contribution in [3.8, 4) is 0 Å². The van der Waals surface area contributed by atoms with E-state index in [2.05, 4.69) is 5.32 Å². The molecular weight excluding hydrogens is 193 g/mol. The molecule has 1 aliphatic rings. The van der Waals surface area contributed by atoms with Crippen LogP contribution in [0.1, 0.15) is 30.9 Å². The van der Waals surface area contributed by atoms with E-state index in [0.717, 1.165) is 18.5 Å². The molecule has 3 heteroatoms. The molecule has 2 rings (SSSR count). The lowest BCUT2D eigenvalue weighted by Gasteiger charge is -2.16. The van der Waals surface area contributed by atoms with Gasteiger partial charge in [-0.25, -0.2) is 4.39 Å². The zero-order valence-corrected chi connectivity index (χ0v) is 8.62. The molecule has 2 atom stereocenters. The Morgan fingerprint density at radius 2 is 2.13 bits per heavy atom. The van der Waals surface area contributed by atoms with Crippen molar-refractivity contribution in [3.05, 3.63) is 35.6 Å². The molecule has 15 heavy (non-hydrogen) atoms. The van der Waals surface area contributed by atoms with Crippen molar-refractivity contribution < 1.29 is 9.50 Å². The zero-order chi connectivity index (χ0) is 10.7. The standard InChI is InChI=1S/C12H16FNO/c13-10-5-3-9(4-6-10)12(15)8-11-2-1-7-14-11/h3-6,11-12,14-15H,1-2,7-8H2. The van der Waals surface area contributed by atoms with Crippen LogP contribution in [0.15, 0.2) is 24.3 Å². The Labute approximate surface area is 89.1 Å². The maximum atomic E-state index is 12.7. The summed E-state index contributed by atoms with van der Waals surface area (Å²) in [6.45, 7) is 1.04. The van der Waals surface area contributed by atoms with Crippen molar-refractivity contribution in [2.24, 2.45) is 0 Å². The van der Waals surface area contributed by atoms with Gasteiger partial charge in [0.25, 0.3) is 0 Å². The van der Waals surface area contributed by atoms with E-state index in [-0.39, 0.29) is 5.82 Å². The molecule has 1 aromatic rings. The zero-order valence-electron chi connectivity index (χ0n) is 8.62. The summed E-state index contributed by atoms with van der Waals surface area (Å²) in [5, 5.41) is 13.2. The Morgan fingerprint density at radius 1 is 1.40 bits per heavy atom. The van der Waals surface area contributed by atoms with E-state index in [1.165, 1.54) is 18.6 Å². The summed E-state index contributed by atoms with van der Waals surface area (Å²) in [6.07, 6.45) is 2.53. The number of aliphatic hydroxyl groups excluding tert-OH is 1. The average Bonchev–Trinajstić information content (AvgIpc) is 2.71. The minimum Gasteiger partial charge on any atom is -0.388 e. The van der Waals surface area contributed by atoms with Crippen LogP contribution in [0.5, 0.6) is 0 Å². The first-order valence-corrected chi connectivity index (χ1v) is 5.42. The van der Waals surface area contributed by atoms with Crippen LogP contribution in [-0.2, 0) is 0 Å². The maximum Gasteiger partial charge on any atom is 0.123 e. The predicted octanol–water partition coefficient (Wildman–Crippen LogP) is 2.00. The topological polar surface area (TPSA) is 32.3 Å². The van der Waals surface area contributed by atoms with E-state index in [9.17, 15) is 9.50 Å². The van der Waals surface area contributed by atoms with Crippen molar-refractivity contribution in [2.45, 2.75) is 31.4 Å². The fraction of sp³-hybridized carbons (Fsp3) is 0.500. The van der Waals surface area contributed by atoms with E-state index in [1.807, 2.05) is 0 Å². The number of hydrogen-bond donors (Lipinski definition) is 2. The van der Waals surface area contributed by atoms with Crippen molar-refractivity contribution in [2.75, 3.05) is 6.54 Å². The first kappa shape index (κ1) is 10.6. The smallest absolute Gasteiger partial charge is 0.123 e. The summed E-state index contributed by atoms with van der Waals surface area (Å²) < 4.78 is 12.7. The van der Waals surface area contributed by atoms with Gasteiger partial charge in [0.15, 0.2) is 0 Å². The first-order chi connectivity index (χ1) is 7.25. The van der Waals surface area contributed by atoms with Crippen molar-refractivity contribution >= 4 is 0 Å². The molecule has 2 unspecified atom stereocenters. The van der Waals surface area contributed by atoms with Gasteiger partial charge in [-0.3, -0.25) is 0 Å². The highest BCUT2D eigenvalue weighted by atomic mass is 19.1. The Hall–Kier alpha value is -0.930. The third-order valence-electron chi connectivity index (χ3n) is 2.92. The summed E-state index contributed by atoms with van der Waals surface area (Å²) in [6, 6.07) is 6.48. The quantitative estimate of drug-likeness (QED) is 0.798. The van der Waals surface area contributed by atoms with Crippen molar-refractivity contribution in [1.82, 2.24) is 5.32 Å². The minimum atomic E-state index is -0.485. The highest BCUT2D eigenvalue weighted by Gasteiger charge is 2.18. The summed E-state index contributed by atoms with van der Waals surface area (Å²) in [5.74, 6) is -0.259. The Morgan fingerprint density at radius 3 is 2.73 bits per heavy atom. The predicted molar refractivity (Wildman–Crippen MR) is 57.0 cm³/mol. The van der Waals surface area contributed by atoms with Gasteiger partial charge >= 0.3 is 0 Å².